The van der Waals surface area contributed by atoms with Gasteiger partial charge in [0.25, 0.3) is 0 Å². The molecule has 0 saturated carbocycles. The van der Waals surface area contributed by atoms with E-state index in [0.717, 1.165) is 19.4 Å². The molecule has 2 heterocycles. The van der Waals surface area contributed by atoms with Crippen molar-refractivity contribution in [1.82, 2.24) is 4.90 Å². The first-order valence-electron chi connectivity index (χ1n) is 3.81. The molecule has 1 unspecified atom stereocenters. The van der Waals surface area contributed by atoms with Crippen molar-refractivity contribution in [2.75, 3.05) is 13.1 Å². The minimum atomic E-state index is -1.22. The molecule has 0 aromatic carbocycles. The highest BCUT2D eigenvalue weighted by atomic mass is 19.2. The highest BCUT2D eigenvalue weighted by Gasteiger charge is 2.44. The van der Waals surface area contributed by atoms with Crippen molar-refractivity contribution in [1.29, 1.82) is 0 Å². The Hall–Kier alpha value is -0.180. The maximum absolute atomic E-state index is 12.9. The molecule has 1 nitrogen and oxygen atoms in total. The first-order valence-corrected chi connectivity index (χ1v) is 3.81. The maximum atomic E-state index is 12.9. The van der Waals surface area contributed by atoms with Crippen molar-refractivity contribution in [3.05, 3.63) is 0 Å². The van der Waals surface area contributed by atoms with E-state index in [1.807, 2.05) is 4.90 Å². The van der Waals surface area contributed by atoms with E-state index in [-0.39, 0.29) is 6.04 Å². The lowest BCUT2D eigenvalue weighted by Gasteiger charge is -2.13. The van der Waals surface area contributed by atoms with Gasteiger partial charge in [0.1, 0.15) is 12.3 Å². The van der Waals surface area contributed by atoms with Gasteiger partial charge in [-0.15, -0.1) is 0 Å². The molecule has 0 amide bonds. The number of hydrogen-bond acceptors (Lipinski definition) is 1. The fraction of sp³-hybridized carbons (Fsp3) is 1.00. The second-order valence-corrected chi connectivity index (χ2v) is 3.16. The van der Waals surface area contributed by atoms with Crippen molar-refractivity contribution in [3.63, 3.8) is 0 Å². The van der Waals surface area contributed by atoms with Crippen LogP contribution < -0.4 is 0 Å². The topological polar surface area (TPSA) is 3.24 Å². The van der Waals surface area contributed by atoms with Crippen molar-refractivity contribution in [2.45, 2.75) is 31.2 Å². The van der Waals surface area contributed by atoms with Gasteiger partial charge in [0.2, 0.25) is 0 Å². The largest absolute Gasteiger partial charge is 0.294 e. The maximum Gasteiger partial charge on any atom is 0.148 e. The van der Waals surface area contributed by atoms with Gasteiger partial charge in [0.05, 0.1) is 0 Å². The zero-order chi connectivity index (χ0) is 7.14. The first-order chi connectivity index (χ1) is 4.79. The van der Waals surface area contributed by atoms with Crippen LogP contribution in [0.3, 0.4) is 0 Å². The summed E-state index contributed by atoms with van der Waals surface area (Å²) in [5, 5.41) is 0. The molecule has 3 heteroatoms. The molecule has 2 aliphatic rings. The zero-order valence-electron chi connectivity index (χ0n) is 5.76. The molecule has 0 N–H and O–H groups in total. The quantitative estimate of drug-likeness (QED) is 0.496. The molecule has 58 valence electrons. The molecule has 0 aromatic rings. The van der Waals surface area contributed by atoms with Gasteiger partial charge < -0.3 is 0 Å². The van der Waals surface area contributed by atoms with Crippen LogP contribution in [0.4, 0.5) is 8.78 Å². The number of rotatable bonds is 0. The molecule has 0 aliphatic carbocycles. The number of hydrogen-bond donors (Lipinski definition) is 0. The second kappa shape index (κ2) is 2.16. The summed E-state index contributed by atoms with van der Waals surface area (Å²) in [6.07, 6.45) is -0.535. The Bertz CT molecular complexity index is 138. The average Bonchev–Trinajstić information content (AvgIpc) is 2.41. The summed E-state index contributed by atoms with van der Waals surface area (Å²) in [5.41, 5.74) is 0. The van der Waals surface area contributed by atoms with Crippen LogP contribution in [-0.4, -0.2) is 36.4 Å². The molecule has 2 fully saturated rings. The van der Waals surface area contributed by atoms with Crippen LogP contribution in [0.1, 0.15) is 12.8 Å². The lowest BCUT2D eigenvalue weighted by atomic mass is 10.1. The van der Waals surface area contributed by atoms with E-state index in [1.54, 1.807) is 0 Å². The van der Waals surface area contributed by atoms with Gasteiger partial charge in [-0.05, 0) is 19.4 Å². The smallest absolute Gasteiger partial charge is 0.148 e. The van der Waals surface area contributed by atoms with E-state index in [9.17, 15) is 8.78 Å². The van der Waals surface area contributed by atoms with Crippen LogP contribution in [0.5, 0.6) is 0 Å². The van der Waals surface area contributed by atoms with Gasteiger partial charge in [-0.1, -0.05) is 0 Å². The third-order valence-electron chi connectivity index (χ3n) is 2.54. The van der Waals surface area contributed by atoms with Crippen LogP contribution in [0.15, 0.2) is 0 Å². The zero-order valence-corrected chi connectivity index (χ0v) is 5.76. The van der Waals surface area contributed by atoms with Crippen LogP contribution >= 0.6 is 0 Å². The Balaban J connectivity index is 2.09. The minimum absolute atomic E-state index is 0.0880. The molecule has 10 heavy (non-hydrogen) atoms. The summed E-state index contributed by atoms with van der Waals surface area (Å²) < 4.78 is 25.5. The fourth-order valence-corrected chi connectivity index (χ4v) is 2.00. The van der Waals surface area contributed by atoms with E-state index in [2.05, 4.69) is 0 Å². The summed E-state index contributed by atoms with van der Waals surface area (Å²) in [5.74, 6) is 0. The van der Waals surface area contributed by atoms with Crippen molar-refractivity contribution < 1.29 is 8.78 Å². The van der Waals surface area contributed by atoms with E-state index in [4.69, 9.17) is 0 Å². The Morgan fingerprint density at radius 3 is 2.80 bits per heavy atom. The average molecular weight is 147 g/mol. The number of fused-ring (bicyclic) bond motifs is 1. The van der Waals surface area contributed by atoms with Gasteiger partial charge >= 0.3 is 0 Å². The third-order valence-corrected chi connectivity index (χ3v) is 2.54. The molecule has 0 radical (unpaired) electrons. The second-order valence-electron chi connectivity index (χ2n) is 3.16. The van der Waals surface area contributed by atoms with Crippen molar-refractivity contribution in [3.8, 4) is 0 Å². The van der Waals surface area contributed by atoms with Crippen LogP contribution in [0.25, 0.3) is 0 Å². The highest BCUT2D eigenvalue weighted by molar-refractivity contribution is 4.97. The summed E-state index contributed by atoms with van der Waals surface area (Å²) in [7, 11) is 0. The number of halogens is 2. The highest BCUT2D eigenvalue weighted by Crippen LogP contribution is 2.31. The van der Waals surface area contributed by atoms with Crippen LogP contribution in [0.2, 0.25) is 0 Å². The predicted molar refractivity (Wildman–Crippen MR) is 34.4 cm³/mol. The molecular weight excluding hydrogens is 136 g/mol. The van der Waals surface area contributed by atoms with E-state index >= 15 is 0 Å². The molecular formula is C7H11F2N. The molecule has 2 aliphatic heterocycles. The van der Waals surface area contributed by atoms with E-state index < -0.39 is 12.3 Å². The molecule has 0 bridgehead atoms. The summed E-state index contributed by atoms with van der Waals surface area (Å²) in [6.45, 7) is 1.22. The molecule has 0 spiro atoms. The SMILES string of the molecule is F[C@@H]1C2CCCN2C[C@@H]1F. The van der Waals surface area contributed by atoms with Gasteiger partial charge in [0.15, 0.2) is 0 Å². The van der Waals surface area contributed by atoms with Crippen LogP contribution in [0, 0.1) is 0 Å². The Morgan fingerprint density at radius 2 is 2.10 bits per heavy atom. The van der Waals surface area contributed by atoms with Gasteiger partial charge in [-0.3, -0.25) is 4.90 Å². The van der Waals surface area contributed by atoms with Gasteiger partial charge in [-0.2, -0.15) is 0 Å². The minimum Gasteiger partial charge on any atom is -0.294 e. The summed E-state index contributed by atoms with van der Waals surface area (Å²) >= 11 is 0. The lowest BCUT2D eigenvalue weighted by molar-refractivity contribution is 0.186. The first kappa shape index (κ1) is 6.53. The monoisotopic (exact) mass is 147 g/mol. The molecule has 3 atom stereocenters. The Labute approximate surface area is 59.0 Å². The van der Waals surface area contributed by atoms with E-state index in [0.29, 0.717) is 6.54 Å². The number of nitrogens with zero attached hydrogens (tertiary/aromatic N) is 1. The molecule has 0 aromatic heterocycles. The molecule has 2 saturated heterocycles. The summed E-state index contributed by atoms with van der Waals surface area (Å²) in [4.78, 5) is 1.93. The van der Waals surface area contributed by atoms with E-state index in [1.165, 1.54) is 0 Å². The predicted octanol–water partition coefficient (Wildman–Crippen LogP) is 1.14. The lowest BCUT2D eigenvalue weighted by Crippen LogP contribution is -2.26. The van der Waals surface area contributed by atoms with Gasteiger partial charge in [0, 0.05) is 12.6 Å². The van der Waals surface area contributed by atoms with Crippen LogP contribution in [-0.2, 0) is 0 Å². The Kier molecular flexibility index (Phi) is 1.41. The van der Waals surface area contributed by atoms with Crippen molar-refractivity contribution in [2.24, 2.45) is 0 Å². The normalized spacial score (nSPS) is 48.0. The number of alkyl halides is 2. The fourth-order valence-electron chi connectivity index (χ4n) is 2.00. The van der Waals surface area contributed by atoms with Crippen molar-refractivity contribution >= 4 is 0 Å². The summed E-state index contributed by atoms with van der Waals surface area (Å²) in [6, 6.07) is -0.0880. The third kappa shape index (κ3) is 0.764. The van der Waals surface area contributed by atoms with Gasteiger partial charge in [-0.25, -0.2) is 8.78 Å². The standard InChI is InChI=1S/C7H11F2N/c8-5-4-10-3-1-2-6(10)7(5)9/h5-7H,1-4H2/t5-,6?,7-/m0/s1. The molecule has 2 rings (SSSR count). The Morgan fingerprint density at radius 1 is 1.30 bits per heavy atom.